The van der Waals surface area contributed by atoms with E-state index in [1.165, 1.54) is 12.2 Å². The number of nitrogens with zero attached hydrogens (tertiary/aromatic N) is 1. The number of nitrogens with two attached hydrogens (primary N) is 1. The van der Waals surface area contributed by atoms with Gasteiger partial charge in [0.1, 0.15) is 18.7 Å². The zero-order valence-corrected chi connectivity index (χ0v) is 36.5. The minimum Gasteiger partial charge on any atom is -0.460 e. The Kier molecular flexibility index (Phi) is 24.6. The fraction of sp³-hybridized carbons (Fsp3) is 0.619. The van der Waals surface area contributed by atoms with Gasteiger partial charge in [-0.05, 0) is 56.7 Å². The molecule has 1 aliphatic rings. The van der Waals surface area contributed by atoms with Crippen molar-refractivity contribution in [2.75, 3.05) is 77.8 Å². The number of ether oxygens (including phenoxy) is 5. The number of esters is 1. The predicted molar refractivity (Wildman–Crippen MR) is 226 cm³/mol. The lowest BCUT2D eigenvalue weighted by atomic mass is 9.91. The molecule has 1 aliphatic heterocycles. The summed E-state index contributed by atoms with van der Waals surface area (Å²) in [6.45, 7) is 11.7. The highest BCUT2D eigenvalue weighted by molar-refractivity contribution is 6.13. The summed E-state index contributed by atoms with van der Waals surface area (Å²) in [7, 11) is 0. The summed E-state index contributed by atoms with van der Waals surface area (Å²) in [5.74, 6) is -3.26. The van der Waals surface area contributed by atoms with Crippen LogP contribution in [0.15, 0.2) is 36.4 Å². The van der Waals surface area contributed by atoms with Crippen molar-refractivity contribution in [3.8, 4) is 0 Å². The maximum absolute atomic E-state index is 13.5. The normalized spacial score (nSPS) is 13.4. The molecule has 1 heterocycles. The molecule has 20 heteroatoms. The van der Waals surface area contributed by atoms with Gasteiger partial charge in [-0.2, -0.15) is 0 Å². The van der Waals surface area contributed by atoms with Gasteiger partial charge in [0.05, 0.1) is 58.3 Å². The van der Waals surface area contributed by atoms with E-state index in [-0.39, 0.29) is 89.7 Å². The van der Waals surface area contributed by atoms with E-state index in [4.69, 9.17) is 29.4 Å². The number of hydrogen-bond acceptors (Lipinski definition) is 13. The maximum atomic E-state index is 13.5. The van der Waals surface area contributed by atoms with Crippen LogP contribution in [0.2, 0.25) is 0 Å². The molecule has 0 bridgehead atoms. The number of urea groups is 1. The Morgan fingerprint density at radius 1 is 0.726 bits per heavy atom. The van der Waals surface area contributed by atoms with E-state index in [1.54, 1.807) is 38.1 Å². The number of rotatable bonds is 32. The van der Waals surface area contributed by atoms with Gasteiger partial charge in [0, 0.05) is 50.3 Å². The third kappa shape index (κ3) is 21.4. The lowest BCUT2D eigenvalue weighted by molar-refractivity contribution is -0.155. The number of carbonyl (C=O) groups is 8. The van der Waals surface area contributed by atoms with E-state index in [0.29, 0.717) is 45.0 Å². The van der Waals surface area contributed by atoms with Gasteiger partial charge in [-0.25, -0.2) is 4.79 Å². The molecule has 0 radical (unpaired) electrons. The van der Waals surface area contributed by atoms with Crippen LogP contribution < -0.4 is 32.3 Å². The van der Waals surface area contributed by atoms with Gasteiger partial charge < -0.3 is 56.0 Å². The predicted octanol–water partition coefficient (Wildman–Crippen LogP) is 1.07. The highest BCUT2D eigenvalue weighted by Gasteiger charge is 2.30. The average molecular weight is 876 g/mol. The van der Waals surface area contributed by atoms with Crippen molar-refractivity contribution < 1.29 is 62.0 Å². The van der Waals surface area contributed by atoms with Gasteiger partial charge in [0.25, 0.3) is 11.8 Å². The number of carbonyl (C=O) groups excluding carboxylic acids is 8. The van der Waals surface area contributed by atoms with Crippen LogP contribution in [0.1, 0.15) is 72.3 Å². The Labute approximate surface area is 363 Å². The van der Waals surface area contributed by atoms with Crippen LogP contribution in [-0.2, 0) is 63.9 Å². The van der Waals surface area contributed by atoms with Crippen LogP contribution >= 0.6 is 0 Å². The molecule has 2 rings (SSSR count). The molecular formula is C42H65N7O13. The van der Waals surface area contributed by atoms with Crippen LogP contribution in [0.3, 0.4) is 0 Å². The molecule has 1 aromatic carbocycles. The third-order valence-electron chi connectivity index (χ3n) is 9.52. The molecular weight excluding hydrogens is 810 g/mol. The number of imide groups is 1. The zero-order valence-electron chi connectivity index (χ0n) is 36.5. The fourth-order valence-corrected chi connectivity index (χ4v) is 5.37. The van der Waals surface area contributed by atoms with E-state index >= 15 is 0 Å². The first-order valence-corrected chi connectivity index (χ1v) is 20.8. The molecule has 1 aromatic rings. The van der Waals surface area contributed by atoms with Crippen LogP contribution in [0.4, 0.5) is 10.5 Å². The maximum Gasteiger partial charge on any atom is 0.312 e. The SMILES string of the molecule is CCC(C)(C)C(=O)OCc1ccc(NC(=O)[C@@H](CCCNC(N)=O)NC(=O)[C@H](NC(=O)CCOCCOCCOCCOCCNC(=O)CCN2C(=O)C=CC2=O)C(C)C)cc1. The summed E-state index contributed by atoms with van der Waals surface area (Å²) in [4.78, 5) is 99.0. The number of benzene rings is 1. The lowest BCUT2D eigenvalue weighted by Gasteiger charge is -2.25. The minimum absolute atomic E-state index is 0.0102. The first kappa shape index (κ1) is 52.7. The Morgan fingerprint density at radius 2 is 1.31 bits per heavy atom. The van der Waals surface area contributed by atoms with Gasteiger partial charge in [-0.1, -0.05) is 32.9 Å². The van der Waals surface area contributed by atoms with Gasteiger partial charge in [-0.3, -0.25) is 38.5 Å². The second-order valence-electron chi connectivity index (χ2n) is 15.2. The largest absolute Gasteiger partial charge is 0.460 e. The molecule has 0 fully saturated rings. The first-order chi connectivity index (χ1) is 29.5. The molecule has 0 saturated carbocycles. The molecule has 62 heavy (non-hydrogen) atoms. The second-order valence-corrected chi connectivity index (χ2v) is 15.2. The van der Waals surface area contributed by atoms with E-state index in [9.17, 15) is 38.4 Å². The number of nitrogens with one attached hydrogen (secondary N) is 5. The number of hydrogen-bond donors (Lipinski definition) is 6. The summed E-state index contributed by atoms with van der Waals surface area (Å²) in [5, 5.41) is 13.4. The number of primary amides is 1. The molecule has 7 N–H and O–H groups in total. The van der Waals surface area contributed by atoms with E-state index in [2.05, 4.69) is 26.6 Å². The van der Waals surface area contributed by atoms with Crippen LogP contribution in [0, 0.1) is 11.3 Å². The lowest BCUT2D eigenvalue weighted by Crippen LogP contribution is -2.54. The van der Waals surface area contributed by atoms with Gasteiger partial charge in [0.2, 0.25) is 23.6 Å². The van der Waals surface area contributed by atoms with Gasteiger partial charge in [0.15, 0.2) is 0 Å². The van der Waals surface area contributed by atoms with Crippen LogP contribution in [0.5, 0.6) is 0 Å². The second kappa shape index (κ2) is 29.0. The molecule has 0 saturated heterocycles. The van der Waals surface area contributed by atoms with Crippen molar-refractivity contribution in [3.63, 3.8) is 0 Å². The smallest absolute Gasteiger partial charge is 0.312 e. The highest BCUT2D eigenvalue weighted by Crippen LogP contribution is 2.22. The quantitative estimate of drug-likeness (QED) is 0.0336. The van der Waals surface area contributed by atoms with Crippen LogP contribution in [-0.4, -0.2) is 137 Å². The van der Waals surface area contributed by atoms with Crippen LogP contribution in [0.25, 0.3) is 0 Å². The van der Waals surface area contributed by atoms with E-state index in [0.717, 1.165) is 10.5 Å². The Hall–Kier alpha value is -5.44. The summed E-state index contributed by atoms with van der Waals surface area (Å²) < 4.78 is 27.3. The van der Waals surface area contributed by atoms with Crippen molar-refractivity contribution in [3.05, 3.63) is 42.0 Å². The van der Waals surface area contributed by atoms with Gasteiger partial charge in [-0.15, -0.1) is 0 Å². The summed E-state index contributed by atoms with van der Waals surface area (Å²) in [6, 6.07) is 4.07. The summed E-state index contributed by atoms with van der Waals surface area (Å²) in [6.07, 6.45) is 3.45. The Morgan fingerprint density at radius 3 is 1.87 bits per heavy atom. The molecule has 2 atom stereocenters. The molecule has 0 unspecified atom stereocenters. The zero-order chi connectivity index (χ0) is 45.9. The van der Waals surface area contributed by atoms with Crippen molar-refractivity contribution in [1.82, 2.24) is 26.2 Å². The molecule has 0 aromatic heterocycles. The summed E-state index contributed by atoms with van der Waals surface area (Å²) >= 11 is 0. The first-order valence-electron chi connectivity index (χ1n) is 20.8. The van der Waals surface area contributed by atoms with Crippen molar-refractivity contribution in [2.24, 2.45) is 17.1 Å². The van der Waals surface area contributed by atoms with Gasteiger partial charge >= 0.3 is 12.0 Å². The highest BCUT2D eigenvalue weighted by atomic mass is 16.6. The van der Waals surface area contributed by atoms with E-state index < -0.39 is 53.1 Å². The standard InChI is InChI=1S/C42H65N7O13/c1-6-42(4,5)40(56)62-28-30-9-11-31(12-10-30)46-38(54)32(8-7-17-45-41(43)57)47-39(55)37(29(2)3)48-34(51)16-20-58-22-24-60-26-27-61-25-23-59-21-18-44-33(50)15-19-49-35(52)13-14-36(49)53/h9-14,29,32,37H,6-8,15-28H2,1-5H3,(H,44,50)(H,46,54)(H,47,55)(H,48,51)(H3,43,45,57)/t32-,37-/m1/s1. The molecule has 8 amide bonds. The molecule has 0 spiro atoms. The fourth-order valence-electron chi connectivity index (χ4n) is 5.37. The van der Waals surface area contributed by atoms with Crippen molar-refractivity contribution in [1.29, 1.82) is 0 Å². The Bertz CT molecular complexity index is 1640. The molecule has 20 nitrogen and oxygen atoms in total. The number of anilines is 1. The van der Waals surface area contributed by atoms with E-state index in [1.807, 2.05) is 20.8 Å². The topological polar surface area (TPSA) is 272 Å². The van der Waals surface area contributed by atoms with Crippen molar-refractivity contribution in [2.45, 2.75) is 85.4 Å². The van der Waals surface area contributed by atoms with Crippen molar-refractivity contribution >= 4 is 53.1 Å². The average Bonchev–Trinajstić information content (AvgIpc) is 3.56. The third-order valence-corrected chi connectivity index (χ3v) is 9.52. The molecule has 0 aliphatic carbocycles. The monoisotopic (exact) mass is 875 g/mol. The minimum atomic E-state index is -1.01. The molecule has 346 valence electrons. The number of amides is 8. The Balaban J connectivity index is 1.65. The summed E-state index contributed by atoms with van der Waals surface area (Å²) in [5.41, 5.74) is 5.74.